The molecule has 1 nitrogen and oxygen atoms in total. The van der Waals surface area contributed by atoms with Gasteiger partial charge in [-0.2, -0.15) is 0 Å². The van der Waals surface area contributed by atoms with E-state index in [0.717, 1.165) is 37.7 Å². The molecule has 0 aromatic heterocycles. The number of rotatable bonds is 10. The smallest absolute Gasteiger partial charge is 0.0614 e. The number of aliphatic hydroxyl groups excluding tert-OH is 1. The van der Waals surface area contributed by atoms with Crippen LogP contribution in [0.3, 0.4) is 0 Å². The van der Waals surface area contributed by atoms with Gasteiger partial charge in [0.05, 0.1) is 6.61 Å². The number of aliphatic hydroxyl groups is 1. The Labute approximate surface area is 133 Å². The third kappa shape index (κ3) is 13.7. The van der Waals surface area contributed by atoms with Crippen molar-refractivity contribution >= 4 is 0 Å². The summed E-state index contributed by atoms with van der Waals surface area (Å²) in [5, 5.41) is 8.84. The van der Waals surface area contributed by atoms with Gasteiger partial charge in [0.1, 0.15) is 0 Å². The van der Waals surface area contributed by atoms with Crippen LogP contribution in [-0.2, 0) is 0 Å². The van der Waals surface area contributed by atoms with E-state index in [9.17, 15) is 0 Å². The molecule has 0 aliphatic heterocycles. The van der Waals surface area contributed by atoms with Crippen molar-refractivity contribution < 1.29 is 6.48 Å². The Kier molecular flexibility index (Phi) is 10.8. The second-order valence-corrected chi connectivity index (χ2v) is 6.03. The van der Waals surface area contributed by atoms with Crippen molar-refractivity contribution in [2.45, 2.75) is 73.1 Å². The van der Waals surface area contributed by atoms with Gasteiger partial charge in [0.25, 0.3) is 0 Å². The standard InChI is InChI=1S/C20H34O/c1-17(2)9-6-10-18(3)11-7-12-19(4)13-8-14-20(5)15-16-21/h9,11,13,15,21H,6-8,10,12,14,16H2,1-5H3/b18-11+,19-13+,20-15+/i14D. The molecule has 0 aromatic rings. The molecule has 1 heteroatoms. The van der Waals surface area contributed by atoms with Gasteiger partial charge in [-0.3, -0.25) is 0 Å². The molecule has 0 aliphatic rings. The topological polar surface area (TPSA) is 20.2 Å². The number of allylic oxidation sites excluding steroid dienone is 7. The highest BCUT2D eigenvalue weighted by Crippen LogP contribution is 2.13. The van der Waals surface area contributed by atoms with Crippen molar-refractivity contribution in [3.8, 4) is 0 Å². The summed E-state index contributed by atoms with van der Waals surface area (Å²) in [4.78, 5) is 0. The van der Waals surface area contributed by atoms with Gasteiger partial charge in [0.15, 0.2) is 0 Å². The highest BCUT2D eigenvalue weighted by molar-refractivity contribution is 5.07. The maximum Gasteiger partial charge on any atom is 0.0614 e. The predicted molar refractivity (Wildman–Crippen MR) is 95.5 cm³/mol. The molecule has 0 aromatic carbocycles. The molecular weight excluding hydrogens is 256 g/mol. The van der Waals surface area contributed by atoms with Gasteiger partial charge in [0, 0.05) is 1.37 Å². The van der Waals surface area contributed by atoms with Crippen LogP contribution in [-0.4, -0.2) is 11.7 Å². The fourth-order valence-electron chi connectivity index (χ4n) is 2.01. The molecule has 0 heterocycles. The lowest BCUT2D eigenvalue weighted by Crippen LogP contribution is -1.83. The van der Waals surface area contributed by atoms with E-state index in [0.29, 0.717) is 0 Å². The molecule has 0 bridgehead atoms. The first-order chi connectivity index (χ1) is 10.4. The summed E-state index contributed by atoms with van der Waals surface area (Å²) >= 11 is 0. The van der Waals surface area contributed by atoms with Gasteiger partial charge < -0.3 is 5.11 Å². The maximum absolute atomic E-state index is 8.84. The minimum Gasteiger partial charge on any atom is -0.392 e. The van der Waals surface area contributed by atoms with Gasteiger partial charge in [-0.15, -0.1) is 0 Å². The maximum atomic E-state index is 8.84. The van der Waals surface area contributed by atoms with Crippen LogP contribution in [0.25, 0.3) is 0 Å². The van der Waals surface area contributed by atoms with E-state index in [2.05, 4.69) is 45.9 Å². The lowest BCUT2D eigenvalue weighted by molar-refractivity contribution is 0.341. The highest BCUT2D eigenvalue weighted by Gasteiger charge is 1.93. The van der Waals surface area contributed by atoms with Crippen LogP contribution in [0.5, 0.6) is 0 Å². The van der Waals surface area contributed by atoms with E-state index < -0.39 is 0 Å². The van der Waals surface area contributed by atoms with E-state index in [1.165, 1.54) is 16.7 Å². The molecule has 0 rings (SSSR count). The summed E-state index contributed by atoms with van der Waals surface area (Å²) in [7, 11) is 0. The molecule has 0 saturated heterocycles. The third-order valence-corrected chi connectivity index (χ3v) is 3.44. The van der Waals surface area contributed by atoms with Crippen molar-refractivity contribution in [3.05, 3.63) is 46.6 Å². The summed E-state index contributed by atoms with van der Waals surface area (Å²) in [6.07, 6.45) is 13.4. The number of hydrogen-bond acceptors (Lipinski definition) is 1. The normalized spacial score (nSPS) is 15.7. The zero-order chi connectivity index (χ0) is 17.0. The Morgan fingerprint density at radius 1 is 0.762 bits per heavy atom. The average Bonchev–Trinajstić information content (AvgIpc) is 2.44. The van der Waals surface area contributed by atoms with E-state index in [1.807, 2.05) is 6.92 Å². The predicted octanol–water partition coefficient (Wildman–Crippen LogP) is 6.12. The second-order valence-electron chi connectivity index (χ2n) is 6.03. The first-order valence-corrected chi connectivity index (χ1v) is 8.01. The molecular formula is C20H34O. The van der Waals surface area contributed by atoms with Crippen LogP contribution in [0.4, 0.5) is 0 Å². The van der Waals surface area contributed by atoms with E-state index >= 15 is 0 Å². The monoisotopic (exact) mass is 291 g/mol. The Morgan fingerprint density at radius 3 is 1.81 bits per heavy atom. The molecule has 0 radical (unpaired) electrons. The van der Waals surface area contributed by atoms with Crippen molar-refractivity contribution in [2.75, 3.05) is 6.61 Å². The molecule has 0 amide bonds. The van der Waals surface area contributed by atoms with Gasteiger partial charge in [-0.1, -0.05) is 46.6 Å². The van der Waals surface area contributed by atoms with Crippen LogP contribution in [0.2, 0.25) is 0 Å². The summed E-state index contributed by atoms with van der Waals surface area (Å²) in [5.74, 6) is 0. The SMILES string of the molecule is [2H]C(C/C=C(\C)CC/C=C(\C)CCC=C(C)C)/C(C)=C/CO. The fourth-order valence-corrected chi connectivity index (χ4v) is 2.01. The first-order valence-electron chi connectivity index (χ1n) is 8.59. The Morgan fingerprint density at radius 2 is 1.29 bits per heavy atom. The zero-order valence-electron chi connectivity index (χ0n) is 15.6. The molecule has 1 unspecified atom stereocenters. The average molecular weight is 291 g/mol. The van der Waals surface area contributed by atoms with Gasteiger partial charge in [0.2, 0.25) is 0 Å². The van der Waals surface area contributed by atoms with Crippen molar-refractivity contribution in [1.82, 2.24) is 0 Å². The van der Waals surface area contributed by atoms with E-state index in [-0.39, 0.29) is 13.0 Å². The molecule has 1 N–H and O–H groups in total. The van der Waals surface area contributed by atoms with Crippen molar-refractivity contribution in [2.24, 2.45) is 0 Å². The van der Waals surface area contributed by atoms with Crippen LogP contribution >= 0.6 is 0 Å². The molecule has 1 atom stereocenters. The molecule has 0 fully saturated rings. The minimum atomic E-state index is -0.233. The summed E-state index contributed by atoms with van der Waals surface area (Å²) < 4.78 is 7.99. The fraction of sp³-hybridized carbons (Fsp3) is 0.600. The van der Waals surface area contributed by atoms with Gasteiger partial charge in [-0.25, -0.2) is 0 Å². The quantitative estimate of drug-likeness (QED) is 0.480. The van der Waals surface area contributed by atoms with Crippen LogP contribution in [0, 0.1) is 0 Å². The lowest BCUT2D eigenvalue weighted by atomic mass is 10.0. The molecule has 0 aliphatic carbocycles. The van der Waals surface area contributed by atoms with Gasteiger partial charge >= 0.3 is 0 Å². The summed E-state index contributed by atoms with van der Waals surface area (Å²) in [5.41, 5.74) is 5.15. The third-order valence-electron chi connectivity index (χ3n) is 3.44. The largest absolute Gasteiger partial charge is 0.392 e. The Hall–Kier alpha value is -1.08. The van der Waals surface area contributed by atoms with Crippen LogP contribution < -0.4 is 0 Å². The summed E-state index contributed by atoms with van der Waals surface area (Å²) in [6.45, 7) is 10.6. The van der Waals surface area contributed by atoms with Crippen molar-refractivity contribution in [1.29, 1.82) is 0 Å². The molecule has 0 saturated carbocycles. The Balaban J connectivity index is 4.11. The van der Waals surface area contributed by atoms with E-state index in [1.54, 1.807) is 6.08 Å². The second kappa shape index (κ2) is 12.6. The minimum absolute atomic E-state index is 0.0285. The lowest BCUT2D eigenvalue weighted by Gasteiger charge is -2.02. The molecule has 120 valence electrons. The van der Waals surface area contributed by atoms with E-state index in [4.69, 9.17) is 6.48 Å². The Bertz CT molecular complexity index is 423. The number of hydrogen-bond donors (Lipinski definition) is 1. The van der Waals surface area contributed by atoms with Gasteiger partial charge in [-0.05, 0) is 73.1 Å². The highest BCUT2D eigenvalue weighted by atomic mass is 16.2. The molecule has 0 spiro atoms. The summed E-state index contributed by atoms with van der Waals surface area (Å²) in [6, 6.07) is 0. The van der Waals surface area contributed by atoms with Crippen molar-refractivity contribution in [3.63, 3.8) is 0 Å². The first kappa shape index (κ1) is 18.0. The zero-order valence-corrected chi connectivity index (χ0v) is 14.6. The molecule has 21 heavy (non-hydrogen) atoms. The van der Waals surface area contributed by atoms with Crippen LogP contribution in [0.15, 0.2) is 46.6 Å². The van der Waals surface area contributed by atoms with Crippen LogP contribution in [0.1, 0.15) is 74.5 Å².